The topological polar surface area (TPSA) is 63.4 Å². The summed E-state index contributed by atoms with van der Waals surface area (Å²) >= 11 is 0. The molecule has 1 heterocycles. The van der Waals surface area contributed by atoms with Crippen LogP contribution in [-0.2, 0) is 4.79 Å². The van der Waals surface area contributed by atoms with E-state index in [0.717, 1.165) is 19.4 Å². The van der Waals surface area contributed by atoms with Crippen molar-refractivity contribution in [1.82, 2.24) is 0 Å². The predicted octanol–water partition coefficient (Wildman–Crippen LogP) is 2.04. The van der Waals surface area contributed by atoms with E-state index >= 15 is 0 Å². The third-order valence-corrected chi connectivity index (χ3v) is 3.82. The molecule has 0 saturated carbocycles. The van der Waals surface area contributed by atoms with Crippen LogP contribution in [0.15, 0.2) is 12.1 Å². The molecule has 2 rings (SSSR count). The lowest BCUT2D eigenvalue weighted by atomic mass is 9.95. The maximum atomic E-state index is 13.6. The average Bonchev–Trinajstić information content (AvgIpc) is 2.41. The van der Waals surface area contributed by atoms with Crippen molar-refractivity contribution in [2.75, 3.05) is 18.0 Å². The Morgan fingerprint density at radius 1 is 1.40 bits per heavy atom. The molecule has 0 radical (unpaired) electrons. The summed E-state index contributed by atoms with van der Waals surface area (Å²) in [6.07, 6.45) is 1.60. The molecule has 108 valence electrons. The first-order valence-electron chi connectivity index (χ1n) is 6.75. The van der Waals surface area contributed by atoms with E-state index in [-0.39, 0.29) is 23.4 Å². The van der Waals surface area contributed by atoms with Gasteiger partial charge in [-0.25, -0.2) is 4.39 Å². The molecule has 4 nitrogen and oxygen atoms in total. The quantitative estimate of drug-likeness (QED) is 0.861. The molecule has 0 bridgehead atoms. The second kappa shape index (κ2) is 5.61. The zero-order valence-electron chi connectivity index (χ0n) is 11.8. The van der Waals surface area contributed by atoms with Gasteiger partial charge in [0.25, 0.3) is 0 Å². The Bertz CT molecular complexity index is 557. The number of ketones is 1. The van der Waals surface area contributed by atoms with Crippen molar-refractivity contribution in [1.29, 1.82) is 0 Å². The van der Waals surface area contributed by atoms with E-state index in [9.17, 15) is 14.0 Å². The number of nitrogens with two attached hydrogens (primary N) is 1. The summed E-state index contributed by atoms with van der Waals surface area (Å²) in [5.41, 5.74) is 6.91. The Balaban J connectivity index is 2.38. The maximum Gasteiger partial charge on any atom is 0.222 e. The molecule has 2 N–H and O–H groups in total. The monoisotopic (exact) mass is 278 g/mol. The fourth-order valence-electron chi connectivity index (χ4n) is 2.64. The van der Waals surface area contributed by atoms with Crippen LogP contribution in [-0.4, -0.2) is 24.8 Å². The highest BCUT2D eigenvalue weighted by molar-refractivity contribution is 6.00. The van der Waals surface area contributed by atoms with E-state index in [4.69, 9.17) is 5.73 Å². The number of benzene rings is 1. The summed E-state index contributed by atoms with van der Waals surface area (Å²) in [4.78, 5) is 25.0. The van der Waals surface area contributed by atoms with Gasteiger partial charge < -0.3 is 10.6 Å². The zero-order chi connectivity index (χ0) is 14.9. The predicted molar refractivity (Wildman–Crippen MR) is 75.3 cm³/mol. The minimum atomic E-state index is -0.387. The molecular weight excluding hydrogens is 259 g/mol. The molecule has 0 aliphatic carbocycles. The molecular formula is C15H19FN2O2. The van der Waals surface area contributed by atoms with Crippen molar-refractivity contribution in [3.63, 3.8) is 0 Å². The number of primary amides is 1. The molecule has 1 saturated heterocycles. The number of hydrogen-bond acceptors (Lipinski definition) is 3. The van der Waals surface area contributed by atoms with Crippen molar-refractivity contribution >= 4 is 17.4 Å². The molecule has 1 aliphatic heterocycles. The van der Waals surface area contributed by atoms with Crippen LogP contribution in [0.5, 0.6) is 0 Å². The van der Waals surface area contributed by atoms with Crippen molar-refractivity contribution in [2.45, 2.75) is 26.7 Å². The Morgan fingerprint density at radius 3 is 2.70 bits per heavy atom. The molecule has 5 heteroatoms. The molecule has 0 aromatic heterocycles. The molecule has 20 heavy (non-hydrogen) atoms. The van der Waals surface area contributed by atoms with E-state index in [1.165, 1.54) is 13.0 Å². The number of piperidine rings is 1. The smallest absolute Gasteiger partial charge is 0.222 e. The van der Waals surface area contributed by atoms with Gasteiger partial charge in [0, 0.05) is 24.3 Å². The van der Waals surface area contributed by atoms with E-state index < -0.39 is 0 Å². The minimum absolute atomic E-state index is 0.180. The van der Waals surface area contributed by atoms with Crippen LogP contribution < -0.4 is 10.6 Å². The van der Waals surface area contributed by atoms with Gasteiger partial charge in [-0.05, 0) is 44.4 Å². The number of nitrogens with zero attached hydrogens (tertiary/aromatic N) is 1. The number of carbonyl (C=O) groups excluding carboxylic acids is 2. The number of halogens is 1. The highest BCUT2D eigenvalue weighted by atomic mass is 19.1. The van der Waals surface area contributed by atoms with Crippen molar-refractivity contribution < 1.29 is 14.0 Å². The number of carbonyl (C=O) groups is 2. The number of aryl methyl sites for hydroxylation is 1. The van der Waals surface area contributed by atoms with Gasteiger partial charge in [0.2, 0.25) is 5.91 Å². The Kier molecular flexibility index (Phi) is 4.06. The van der Waals surface area contributed by atoms with E-state index in [1.807, 2.05) is 4.90 Å². The summed E-state index contributed by atoms with van der Waals surface area (Å²) in [5, 5.41) is 0. The summed E-state index contributed by atoms with van der Waals surface area (Å²) in [6.45, 7) is 4.32. The molecule has 1 aromatic carbocycles. The van der Waals surface area contributed by atoms with Crippen LogP contribution in [0.1, 0.15) is 35.7 Å². The van der Waals surface area contributed by atoms with Crippen LogP contribution >= 0.6 is 0 Å². The second-order valence-electron chi connectivity index (χ2n) is 5.36. The molecule has 1 atom stereocenters. The minimum Gasteiger partial charge on any atom is -0.370 e. The lowest BCUT2D eigenvalue weighted by molar-refractivity contribution is -0.122. The van der Waals surface area contributed by atoms with Crippen LogP contribution in [0.3, 0.4) is 0 Å². The van der Waals surface area contributed by atoms with Crippen molar-refractivity contribution in [3.8, 4) is 0 Å². The van der Waals surface area contributed by atoms with Crippen LogP contribution in [0, 0.1) is 18.7 Å². The molecule has 1 unspecified atom stereocenters. The number of Topliss-reactive ketones (excluding diaryl/α,β-unsaturated/α-hetero) is 1. The molecule has 1 amide bonds. The van der Waals surface area contributed by atoms with Gasteiger partial charge >= 0.3 is 0 Å². The molecule has 0 spiro atoms. The largest absolute Gasteiger partial charge is 0.370 e. The summed E-state index contributed by atoms with van der Waals surface area (Å²) in [7, 11) is 0. The number of anilines is 1. The SMILES string of the molecule is CC(=O)c1cc(F)c(C)cc1N1CCCC(C(N)=O)C1. The summed E-state index contributed by atoms with van der Waals surface area (Å²) in [6, 6.07) is 2.95. The van der Waals surface area contributed by atoms with E-state index in [1.54, 1.807) is 13.0 Å². The van der Waals surface area contributed by atoms with E-state index in [0.29, 0.717) is 23.4 Å². The molecule has 1 aromatic rings. The molecule has 1 fully saturated rings. The average molecular weight is 278 g/mol. The van der Waals surface area contributed by atoms with Gasteiger partial charge in [-0.15, -0.1) is 0 Å². The maximum absolute atomic E-state index is 13.6. The first-order valence-corrected chi connectivity index (χ1v) is 6.75. The highest BCUT2D eigenvalue weighted by Gasteiger charge is 2.26. The van der Waals surface area contributed by atoms with Crippen LogP contribution in [0.4, 0.5) is 10.1 Å². The lowest BCUT2D eigenvalue weighted by Gasteiger charge is -2.34. The fraction of sp³-hybridized carbons (Fsp3) is 0.467. The van der Waals surface area contributed by atoms with Gasteiger partial charge in [0.15, 0.2) is 5.78 Å². The zero-order valence-corrected chi connectivity index (χ0v) is 11.8. The Morgan fingerprint density at radius 2 is 2.10 bits per heavy atom. The van der Waals surface area contributed by atoms with Crippen molar-refractivity contribution in [3.05, 3.63) is 29.1 Å². The third kappa shape index (κ3) is 2.81. The first kappa shape index (κ1) is 14.5. The normalized spacial score (nSPS) is 18.9. The first-order chi connectivity index (χ1) is 9.40. The standard InChI is InChI=1S/C15H19FN2O2/c1-9-6-14(12(10(2)19)7-13(9)16)18-5-3-4-11(8-18)15(17)20/h6-7,11H,3-5,8H2,1-2H3,(H2,17,20). The van der Waals surface area contributed by atoms with Crippen LogP contribution in [0.25, 0.3) is 0 Å². The summed E-state index contributed by atoms with van der Waals surface area (Å²) < 4.78 is 13.6. The Labute approximate surface area is 117 Å². The Hall–Kier alpha value is -1.91. The lowest BCUT2D eigenvalue weighted by Crippen LogP contribution is -2.41. The van der Waals surface area contributed by atoms with Gasteiger partial charge in [0.1, 0.15) is 5.82 Å². The highest BCUT2D eigenvalue weighted by Crippen LogP contribution is 2.29. The van der Waals surface area contributed by atoms with Crippen LogP contribution in [0.2, 0.25) is 0 Å². The number of amides is 1. The number of rotatable bonds is 3. The van der Waals surface area contributed by atoms with Gasteiger partial charge in [-0.1, -0.05) is 0 Å². The van der Waals surface area contributed by atoms with Gasteiger partial charge in [-0.2, -0.15) is 0 Å². The summed E-state index contributed by atoms with van der Waals surface area (Å²) in [5.74, 6) is -1.10. The van der Waals surface area contributed by atoms with E-state index in [2.05, 4.69) is 0 Å². The number of hydrogen-bond donors (Lipinski definition) is 1. The van der Waals surface area contributed by atoms with Gasteiger partial charge in [0.05, 0.1) is 5.92 Å². The fourth-order valence-corrected chi connectivity index (χ4v) is 2.64. The molecule has 1 aliphatic rings. The van der Waals surface area contributed by atoms with Crippen molar-refractivity contribution in [2.24, 2.45) is 11.7 Å². The third-order valence-electron chi connectivity index (χ3n) is 3.82. The van der Waals surface area contributed by atoms with Gasteiger partial charge in [-0.3, -0.25) is 9.59 Å². The second-order valence-corrected chi connectivity index (χ2v) is 5.36.